The molecule has 2 aliphatic rings. The summed E-state index contributed by atoms with van der Waals surface area (Å²) < 4.78 is 5.45. The lowest BCUT2D eigenvalue weighted by molar-refractivity contribution is 0.0909. The summed E-state index contributed by atoms with van der Waals surface area (Å²) >= 11 is 0. The average molecular weight is 126 g/mol. The molecular weight excluding hydrogens is 112 g/mol. The maximum atomic E-state index is 5.45. The summed E-state index contributed by atoms with van der Waals surface area (Å²) in [5.74, 6) is 0. The summed E-state index contributed by atoms with van der Waals surface area (Å²) in [6.45, 7) is 7.03. The molecule has 0 aromatic heterocycles. The molecule has 0 amide bonds. The molecule has 1 aliphatic heterocycles. The van der Waals surface area contributed by atoms with Crippen molar-refractivity contribution in [1.82, 2.24) is 0 Å². The van der Waals surface area contributed by atoms with E-state index in [9.17, 15) is 0 Å². The summed E-state index contributed by atoms with van der Waals surface area (Å²) in [5.41, 5.74) is 0.444. The molecule has 9 heavy (non-hydrogen) atoms. The van der Waals surface area contributed by atoms with E-state index >= 15 is 0 Å². The molecule has 1 nitrogen and oxygen atoms in total. The van der Waals surface area contributed by atoms with E-state index in [0.717, 1.165) is 6.61 Å². The molecule has 52 valence electrons. The molecule has 0 atom stereocenters. The monoisotopic (exact) mass is 126 g/mol. The van der Waals surface area contributed by atoms with Gasteiger partial charge in [0.15, 0.2) is 0 Å². The molecule has 1 heterocycles. The second-order valence-electron chi connectivity index (χ2n) is 2.64. The molecule has 0 bridgehead atoms. The molecule has 1 aliphatic carbocycles. The van der Waals surface area contributed by atoms with Crippen LogP contribution in [0.3, 0.4) is 0 Å². The van der Waals surface area contributed by atoms with Gasteiger partial charge in [-0.1, -0.05) is 0 Å². The third kappa shape index (κ3) is 1.33. The minimum Gasteiger partial charge on any atom is -0.375 e. The van der Waals surface area contributed by atoms with E-state index in [1.807, 2.05) is 0 Å². The van der Waals surface area contributed by atoms with Crippen molar-refractivity contribution < 1.29 is 4.74 Å². The van der Waals surface area contributed by atoms with Crippen molar-refractivity contribution in [1.29, 1.82) is 0 Å². The third-order valence-corrected chi connectivity index (χ3v) is 1.99. The van der Waals surface area contributed by atoms with Crippen molar-refractivity contribution in [2.45, 2.75) is 31.3 Å². The summed E-state index contributed by atoms with van der Waals surface area (Å²) in [7, 11) is 0. The van der Waals surface area contributed by atoms with Crippen LogP contribution in [0.1, 0.15) is 25.7 Å². The fourth-order valence-electron chi connectivity index (χ4n) is 1.29. The first-order chi connectivity index (χ1) is 4.41. The minimum absolute atomic E-state index is 0.444. The fraction of sp³-hybridized carbons (Fsp3) is 0.750. The van der Waals surface area contributed by atoms with Gasteiger partial charge in [0.05, 0.1) is 5.60 Å². The Morgan fingerprint density at radius 1 is 1.11 bits per heavy atom. The van der Waals surface area contributed by atoms with Gasteiger partial charge in [-0.3, -0.25) is 0 Å². The van der Waals surface area contributed by atoms with Crippen LogP contribution in [0, 0.1) is 0 Å². The van der Waals surface area contributed by atoms with E-state index in [1.54, 1.807) is 0 Å². The van der Waals surface area contributed by atoms with Crippen LogP contribution >= 0.6 is 0 Å². The van der Waals surface area contributed by atoms with E-state index in [0.29, 0.717) is 5.60 Å². The van der Waals surface area contributed by atoms with Gasteiger partial charge in [-0.05, 0) is 25.7 Å². The Hall–Kier alpha value is -0.300. The zero-order valence-electron chi connectivity index (χ0n) is 5.86. The smallest absolute Gasteiger partial charge is 0.0685 e. The van der Waals surface area contributed by atoms with E-state index in [1.165, 1.54) is 25.7 Å². The normalized spacial score (nSPS) is 27.1. The van der Waals surface area contributed by atoms with Gasteiger partial charge in [0.2, 0.25) is 0 Å². The van der Waals surface area contributed by atoms with Gasteiger partial charge in [-0.25, -0.2) is 0 Å². The summed E-state index contributed by atoms with van der Waals surface area (Å²) in [6.07, 6.45) is 5.33. The van der Waals surface area contributed by atoms with E-state index < -0.39 is 0 Å². The highest BCUT2D eigenvalue weighted by molar-refractivity contribution is 4.98. The molecule has 0 radical (unpaired) electrons. The van der Waals surface area contributed by atoms with Gasteiger partial charge in [0, 0.05) is 6.61 Å². The minimum atomic E-state index is 0.444. The number of hydrogen-bond donors (Lipinski definition) is 0. The fourth-order valence-corrected chi connectivity index (χ4v) is 1.29. The number of ether oxygens (including phenoxy) is 1. The lowest BCUT2D eigenvalue weighted by Gasteiger charge is -2.00. The van der Waals surface area contributed by atoms with Crippen molar-refractivity contribution in [3.63, 3.8) is 0 Å². The van der Waals surface area contributed by atoms with Crippen molar-refractivity contribution in [3.05, 3.63) is 13.2 Å². The molecule has 0 aromatic rings. The van der Waals surface area contributed by atoms with Crippen LogP contribution < -0.4 is 0 Å². The molecule has 1 saturated heterocycles. The Morgan fingerprint density at radius 3 is 2.00 bits per heavy atom. The Labute approximate surface area is 56.7 Å². The van der Waals surface area contributed by atoms with Gasteiger partial charge >= 0.3 is 0 Å². The summed E-state index contributed by atoms with van der Waals surface area (Å²) in [5, 5.41) is 0. The summed E-state index contributed by atoms with van der Waals surface area (Å²) in [6, 6.07) is 0. The lowest BCUT2D eigenvalue weighted by Crippen LogP contribution is -2.02. The Balaban J connectivity index is 0.000000186. The zero-order chi connectivity index (χ0) is 6.74. The van der Waals surface area contributed by atoms with Gasteiger partial charge in [0.1, 0.15) is 0 Å². The number of rotatable bonds is 0. The van der Waals surface area contributed by atoms with Gasteiger partial charge < -0.3 is 4.74 Å². The maximum Gasteiger partial charge on any atom is 0.0685 e. The highest BCUT2D eigenvalue weighted by Crippen LogP contribution is 2.46. The van der Waals surface area contributed by atoms with Gasteiger partial charge in [0.25, 0.3) is 0 Å². The maximum absolute atomic E-state index is 5.45. The average Bonchev–Trinajstić information content (AvgIpc) is 2.46. The second kappa shape index (κ2) is 2.53. The summed E-state index contributed by atoms with van der Waals surface area (Å²) in [4.78, 5) is 0. The van der Waals surface area contributed by atoms with Gasteiger partial charge in [-0.2, -0.15) is 0 Å². The van der Waals surface area contributed by atoms with Gasteiger partial charge in [-0.15, -0.1) is 13.2 Å². The van der Waals surface area contributed by atoms with Crippen molar-refractivity contribution in [3.8, 4) is 0 Å². The predicted octanol–water partition coefficient (Wildman–Crippen LogP) is 2.13. The van der Waals surface area contributed by atoms with Crippen molar-refractivity contribution >= 4 is 0 Å². The second-order valence-corrected chi connectivity index (χ2v) is 2.64. The zero-order valence-corrected chi connectivity index (χ0v) is 5.86. The van der Waals surface area contributed by atoms with E-state index in [4.69, 9.17) is 4.74 Å². The lowest BCUT2D eigenvalue weighted by atomic mass is 10.2. The quantitative estimate of drug-likeness (QED) is 0.452. The van der Waals surface area contributed by atoms with Crippen LogP contribution in [0.2, 0.25) is 0 Å². The van der Waals surface area contributed by atoms with E-state index in [2.05, 4.69) is 13.2 Å². The highest BCUT2D eigenvalue weighted by Gasteiger charge is 2.46. The van der Waals surface area contributed by atoms with Crippen molar-refractivity contribution in [2.24, 2.45) is 0 Å². The largest absolute Gasteiger partial charge is 0.375 e. The molecule has 1 heteroatoms. The third-order valence-electron chi connectivity index (χ3n) is 1.99. The molecule has 1 spiro atoms. The van der Waals surface area contributed by atoms with Crippen LogP contribution in [0.5, 0.6) is 0 Å². The van der Waals surface area contributed by atoms with Crippen molar-refractivity contribution in [2.75, 3.05) is 6.61 Å². The Bertz CT molecular complexity index is 86.7. The molecule has 2 rings (SSSR count). The predicted molar refractivity (Wildman–Crippen MR) is 38.4 cm³/mol. The first-order valence-corrected chi connectivity index (χ1v) is 3.55. The Kier molecular flexibility index (Phi) is 1.91. The first-order valence-electron chi connectivity index (χ1n) is 3.55. The molecular formula is C8H14O. The molecule has 0 aromatic carbocycles. The van der Waals surface area contributed by atoms with Crippen LogP contribution in [-0.2, 0) is 4.74 Å². The molecule has 0 unspecified atom stereocenters. The SMILES string of the molecule is C1COC2(C1)CC2.C=C. The highest BCUT2D eigenvalue weighted by atomic mass is 16.5. The molecule has 2 fully saturated rings. The van der Waals surface area contributed by atoms with Crippen LogP contribution in [-0.4, -0.2) is 12.2 Å². The number of hydrogen-bond acceptors (Lipinski definition) is 1. The molecule has 1 saturated carbocycles. The van der Waals surface area contributed by atoms with Crippen LogP contribution in [0.4, 0.5) is 0 Å². The van der Waals surface area contributed by atoms with E-state index in [-0.39, 0.29) is 0 Å². The topological polar surface area (TPSA) is 9.23 Å². The van der Waals surface area contributed by atoms with Crippen LogP contribution in [0.25, 0.3) is 0 Å². The molecule has 0 N–H and O–H groups in total. The standard InChI is InChI=1S/C6H10O.C2H4/c1-2-6(3-4-6)7-5-1;1-2/h1-5H2;1-2H2. The Morgan fingerprint density at radius 2 is 1.78 bits per heavy atom. The van der Waals surface area contributed by atoms with Crippen LogP contribution in [0.15, 0.2) is 13.2 Å². The first kappa shape index (κ1) is 6.81.